The molecule has 1 fully saturated rings. The van der Waals surface area contributed by atoms with Gasteiger partial charge in [0.1, 0.15) is 11.3 Å². The fourth-order valence-corrected chi connectivity index (χ4v) is 2.49. The second-order valence-electron chi connectivity index (χ2n) is 4.97. The molecule has 1 aromatic carbocycles. The lowest BCUT2D eigenvalue weighted by atomic mass is 9.94. The Morgan fingerprint density at radius 2 is 1.84 bits per heavy atom. The Kier molecular flexibility index (Phi) is 3.11. The maximum absolute atomic E-state index is 11.4. The monoisotopic (exact) mass is 256 g/mol. The van der Waals surface area contributed by atoms with Gasteiger partial charge in [0.05, 0.1) is 5.52 Å². The van der Waals surface area contributed by atoms with Gasteiger partial charge < -0.3 is 4.90 Å². The van der Waals surface area contributed by atoms with Crippen molar-refractivity contribution in [2.24, 2.45) is 5.92 Å². The molecule has 5 nitrogen and oxygen atoms in total. The van der Waals surface area contributed by atoms with E-state index in [1.165, 1.54) is 0 Å². The molecule has 0 atom stereocenters. The van der Waals surface area contributed by atoms with Gasteiger partial charge in [0, 0.05) is 19.0 Å². The summed E-state index contributed by atoms with van der Waals surface area (Å²) in [5, 5.41) is 8.37. The minimum Gasteiger partial charge on any atom is -0.339 e. The number of aromatic nitrogens is 3. The first-order chi connectivity index (χ1) is 9.24. The molecule has 2 aromatic rings. The van der Waals surface area contributed by atoms with Crippen molar-refractivity contribution >= 4 is 22.8 Å². The number of nitrogens with zero attached hydrogens (tertiary/aromatic N) is 4. The first kappa shape index (κ1) is 12.0. The van der Waals surface area contributed by atoms with Gasteiger partial charge in [-0.3, -0.25) is 4.79 Å². The Labute approximate surface area is 111 Å². The molecule has 0 radical (unpaired) electrons. The van der Waals surface area contributed by atoms with Crippen molar-refractivity contribution in [3.05, 3.63) is 24.3 Å². The lowest BCUT2D eigenvalue weighted by Gasteiger charge is -2.30. The number of Topliss-reactive ketones (excluding diaryl/α,β-unsaturated/α-hetero) is 1. The number of ketones is 1. The fourth-order valence-electron chi connectivity index (χ4n) is 2.49. The second kappa shape index (κ2) is 4.91. The number of piperidine rings is 1. The van der Waals surface area contributed by atoms with E-state index in [9.17, 15) is 4.79 Å². The molecule has 0 amide bonds. The summed E-state index contributed by atoms with van der Waals surface area (Å²) in [5.74, 6) is 1.16. The third-order valence-electron chi connectivity index (χ3n) is 3.70. The van der Waals surface area contributed by atoms with Gasteiger partial charge in [-0.25, -0.2) is 4.98 Å². The zero-order valence-electron chi connectivity index (χ0n) is 10.9. The van der Waals surface area contributed by atoms with E-state index >= 15 is 0 Å². The zero-order chi connectivity index (χ0) is 13.2. The van der Waals surface area contributed by atoms with Gasteiger partial charge in [-0.1, -0.05) is 12.1 Å². The van der Waals surface area contributed by atoms with E-state index in [0.29, 0.717) is 5.95 Å². The molecule has 19 heavy (non-hydrogen) atoms. The number of carbonyl (C=O) groups excluding carboxylic acids is 1. The zero-order valence-corrected chi connectivity index (χ0v) is 10.9. The SMILES string of the molecule is CC(=O)C1CCN(c2nnc3ccccc3n2)CC1. The Morgan fingerprint density at radius 1 is 1.16 bits per heavy atom. The molecule has 1 aliphatic heterocycles. The molecule has 5 heteroatoms. The van der Waals surface area contributed by atoms with Gasteiger partial charge in [-0.05, 0) is 31.9 Å². The number of hydrogen-bond acceptors (Lipinski definition) is 5. The first-order valence-corrected chi connectivity index (χ1v) is 6.59. The smallest absolute Gasteiger partial charge is 0.245 e. The second-order valence-corrected chi connectivity index (χ2v) is 4.97. The van der Waals surface area contributed by atoms with Crippen molar-refractivity contribution in [1.82, 2.24) is 15.2 Å². The van der Waals surface area contributed by atoms with Crippen molar-refractivity contribution in [2.75, 3.05) is 18.0 Å². The average Bonchev–Trinajstić information content (AvgIpc) is 2.47. The van der Waals surface area contributed by atoms with Crippen molar-refractivity contribution < 1.29 is 4.79 Å². The molecule has 0 unspecified atom stereocenters. The standard InChI is InChI=1S/C14H16N4O/c1-10(19)11-6-8-18(9-7-11)14-15-12-4-2-3-5-13(12)16-17-14/h2-5,11H,6-9H2,1H3. The Bertz CT molecular complexity index is 605. The predicted octanol–water partition coefficient (Wildman–Crippen LogP) is 1.83. The topological polar surface area (TPSA) is 59.0 Å². The van der Waals surface area contributed by atoms with Gasteiger partial charge >= 0.3 is 0 Å². The summed E-state index contributed by atoms with van der Waals surface area (Å²) in [5.41, 5.74) is 1.67. The van der Waals surface area contributed by atoms with Gasteiger partial charge in [0.2, 0.25) is 5.95 Å². The minimum atomic E-state index is 0.199. The minimum absolute atomic E-state index is 0.199. The van der Waals surface area contributed by atoms with E-state index in [1.807, 2.05) is 24.3 Å². The van der Waals surface area contributed by atoms with Crippen molar-refractivity contribution in [1.29, 1.82) is 0 Å². The predicted molar refractivity (Wildman–Crippen MR) is 73.0 cm³/mol. The summed E-state index contributed by atoms with van der Waals surface area (Å²) >= 11 is 0. The van der Waals surface area contributed by atoms with E-state index in [0.717, 1.165) is 37.0 Å². The summed E-state index contributed by atoms with van der Waals surface area (Å²) in [4.78, 5) is 18.0. The van der Waals surface area contributed by atoms with Crippen molar-refractivity contribution in [2.45, 2.75) is 19.8 Å². The van der Waals surface area contributed by atoms with Crippen LogP contribution in [0.1, 0.15) is 19.8 Å². The third kappa shape index (κ3) is 2.41. The number of hydrogen-bond donors (Lipinski definition) is 0. The van der Waals surface area contributed by atoms with Crippen LogP contribution in [0.25, 0.3) is 11.0 Å². The summed E-state index contributed by atoms with van der Waals surface area (Å²) in [6.45, 7) is 3.32. The molecule has 0 N–H and O–H groups in total. The summed E-state index contributed by atoms with van der Waals surface area (Å²) in [6, 6.07) is 7.72. The van der Waals surface area contributed by atoms with E-state index in [4.69, 9.17) is 0 Å². The highest BCUT2D eigenvalue weighted by atomic mass is 16.1. The third-order valence-corrected chi connectivity index (χ3v) is 3.70. The lowest BCUT2D eigenvalue weighted by molar-refractivity contribution is -0.121. The van der Waals surface area contributed by atoms with Crippen LogP contribution in [0.2, 0.25) is 0 Å². The van der Waals surface area contributed by atoms with Crippen LogP contribution >= 0.6 is 0 Å². The molecule has 2 heterocycles. The molecular formula is C14H16N4O. The van der Waals surface area contributed by atoms with Gasteiger partial charge in [0.25, 0.3) is 0 Å². The molecule has 1 aliphatic rings. The van der Waals surface area contributed by atoms with Crippen molar-refractivity contribution in [3.63, 3.8) is 0 Å². The van der Waals surface area contributed by atoms with Gasteiger partial charge in [-0.15, -0.1) is 10.2 Å². The Balaban J connectivity index is 1.80. The van der Waals surface area contributed by atoms with E-state index < -0.39 is 0 Å². The van der Waals surface area contributed by atoms with Crippen LogP contribution in [0.4, 0.5) is 5.95 Å². The first-order valence-electron chi connectivity index (χ1n) is 6.59. The normalized spacial score (nSPS) is 16.8. The number of fused-ring (bicyclic) bond motifs is 1. The van der Waals surface area contributed by atoms with Crippen molar-refractivity contribution in [3.8, 4) is 0 Å². The molecule has 0 bridgehead atoms. The average molecular weight is 256 g/mol. The highest BCUT2D eigenvalue weighted by molar-refractivity contribution is 5.78. The van der Waals surface area contributed by atoms with Gasteiger partial charge in [-0.2, -0.15) is 0 Å². The Morgan fingerprint density at radius 3 is 2.53 bits per heavy atom. The molecular weight excluding hydrogens is 240 g/mol. The molecule has 0 spiro atoms. The molecule has 0 aliphatic carbocycles. The Hall–Kier alpha value is -2.04. The number of benzene rings is 1. The molecule has 1 aromatic heterocycles. The van der Waals surface area contributed by atoms with Gasteiger partial charge in [0.15, 0.2) is 0 Å². The highest BCUT2D eigenvalue weighted by Crippen LogP contribution is 2.21. The van der Waals surface area contributed by atoms with E-state index in [1.54, 1.807) is 6.92 Å². The number of carbonyl (C=O) groups is 1. The van der Waals surface area contributed by atoms with Crippen LogP contribution in [-0.4, -0.2) is 34.1 Å². The quantitative estimate of drug-likeness (QED) is 0.820. The molecule has 0 saturated carbocycles. The lowest BCUT2D eigenvalue weighted by Crippen LogP contribution is -2.36. The summed E-state index contributed by atoms with van der Waals surface area (Å²) in [6.07, 6.45) is 1.76. The maximum Gasteiger partial charge on any atom is 0.245 e. The number of rotatable bonds is 2. The van der Waals surface area contributed by atoms with E-state index in [2.05, 4.69) is 20.1 Å². The highest BCUT2D eigenvalue weighted by Gasteiger charge is 2.23. The summed E-state index contributed by atoms with van der Waals surface area (Å²) < 4.78 is 0. The molecule has 98 valence electrons. The van der Waals surface area contributed by atoms with E-state index in [-0.39, 0.29) is 11.7 Å². The van der Waals surface area contributed by atoms with Crippen LogP contribution in [0, 0.1) is 5.92 Å². The number of anilines is 1. The fraction of sp³-hybridized carbons (Fsp3) is 0.429. The van der Waals surface area contributed by atoms with Crippen LogP contribution in [0.5, 0.6) is 0 Å². The maximum atomic E-state index is 11.4. The summed E-state index contributed by atoms with van der Waals surface area (Å²) in [7, 11) is 0. The van der Waals surface area contributed by atoms with Crippen LogP contribution in [-0.2, 0) is 4.79 Å². The van der Waals surface area contributed by atoms with Crippen LogP contribution in [0.3, 0.4) is 0 Å². The number of para-hydroxylation sites is 1. The van der Waals surface area contributed by atoms with Crippen LogP contribution < -0.4 is 4.90 Å². The molecule has 1 saturated heterocycles. The molecule has 3 rings (SSSR count). The van der Waals surface area contributed by atoms with Crippen LogP contribution in [0.15, 0.2) is 24.3 Å². The largest absolute Gasteiger partial charge is 0.339 e.